The Morgan fingerprint density at radius 2 is 1.32 bits per heavy atom. The average Bonchev–Trinajstić information content (AvgIpc) is 2.97. The Balaban J connectivity index is 2.04. The fourth-order valence-corrected chi connectivity index (χ4v) is 4.13. The molecule has 0 unspecified atom stereocenters. The SMILES string of the molecule is CSc1ccc(-c2nc(Cl)sc2-c2ccc(SC)cc2)cc1. The third kappa shape index (κ3) is 3.35. The molecule has 0 aliphatic carbocycles. The Morgan fingerprint density at radius 1 is 0.818 bits per heavy atom. The highest BCUT2D eigenvalue weighted by Gasteiger charge is 2.14. The number of rotatable bonds is 4. The maximum absolute atomic E-state index is 6.18. The number of nitrogens with zero attached hydrogens (tertiary/aromatic N) is 1. The van der Waals surface area contributed by atoms with E-state index in [9.17, 15) is 0 Å². The van der Waals surface area contributed by atoms with Gasteiger partial charge in [0, 0.05) is 15.4 Å². The van der Waals surface area contributed by atoms with Crippen molar-refractivity contribution in [2.75, 3.05) is 12.5 Å². The number of thiazole rings is 1. The molecule has 22 heavy (non-hydrogen) atoms. The number of hydrogen-bond acceptors (Lipinski definition) is 4. The summed E-state index contributed by atoms with van der Waals surface area (Å²) < 4.78 is 0.577. The van der Waals surface area contributed by atoms with Gasteiger partial charge in [-0.2, -0.15) is 0 Å². The fraction of sp³-hybridized carbons (Fsp3) is 0.118. The molecule has 0 saturated carbocycles. The van der Waals surface area contributed by atoms with Crippen molar-refractivity contribution in [3.05, 3.63) is 53.0 Å². The first-order valence-corrected chi connectivity index (χ1v) is 10.3. The molecule has 112 valence electrons. The molecular formula is C17H14ClNS3. The van der Waals surface area contributed by atoms with Gasteiger partial charge in [-0.15, -0.1) is 34.9 Å². The van der Waals surface area contributed by atoms with Gasteiger partial charge in [-0.25, -0.2) is 4.98 Å². The molecule has 0 radical (unpaired) electrons. The van der Waals surface area contributed by atoms with Crippen LogP contribution in [0.2, 0.25) is 4.47 Å². The maximum atomic E-state index is 6.18. The third-order valence-electron chi connectivity index (χ3n) is 3.32. The van der Waals surface area contributed by atoms with Crippen molar-refractivity contribution in [3.8, 4) is 21.7 Å². The second-order valence-electron chi connectivity index (χ2n) is 4.60. The summed E-state index contributed by atoms with van der Waals surface area (Å²) in [7, 11) is 0. The molecule has 1 nitrogen and oxygen atoms in total. The lowest BCUT2D eigenvalue weighted by atomic mass is 10.1. The highest BCUT2D eigenvalue weighted by atomic mass is 35.5. The van der Waals surface area contributed by atoms with E-state index >= 15 is 0 Å². The van der Waals surface area contributed by atoms with Gasteiger partial charge in [-0.3, -0.25) is 0 Å². The molecule has 2 aromatic carbocycles. The summed E-state index contributed by atoms with van der Waals surface area (Å²) in [6.45, 7) is 0. The van der Waals surface area contributed by atoms with Gasteiger partial charge in [0.2, 0.25) is 0 Å². The molecular weight excluding hydrogens is 350 g/mol. The van der Waals surface area contributed by atoms with Crippen molar-refractivity contribution in [1.82, 2.24) is 4.98 Å². The van der Waals surface area contributed by atoms with E-state index < -0.39 is 0 Å². The number of aromatic nitrogens is 1. The largest absolute Gasteiger partial charge is 0.224 e. The minimum Gasteiger partial charge on any atom is -0.224 e. The summed E-state index contributed by atoms with van der Waals surface area (Å²) in [5, 5.41) is 0. The van der Waals surface area contributed by atoms with Crippen LogP contribution >= 0.6 is 46.5 Å². The predicted molar refractivity (Wildman–Crippen MR) is 102 cm³/mol. The Bertz CT molecular complexity index is 699. The summed E-state index contributed by atoms with van der Waals surface area (Å²) in [5.41, 5.74) is 3.22. The van der Waals surface area contributed by atoms with Crippen LogP contribution in [0.25, 0.3) is 21.7 Å². The van der Waals surface area contributed by atoms with E-state index in [0.717, 1.165) is 21.7 Å². The minimum atomic E-state index is 0.577. The number of halogens is 1. The Morgan fingerprint density at radius 3 is 1.82 bits per heavy atom. The molecule has 0 atom stereocenters. The molecule has 0 aliphatic rings. The molecule has 1 heterocycles. The van der Waals surface area contributed by atoms with Crippen LogP contribution in [0.1, 0.15) is 0 Å². The lowest BCUT2D eigenvalue weighted by Gasteiger charge is -2.05. The van der Waals surface area contributed by atoms with Crippen LogP contribution in [0.3, 0.4) is 0 Å². The average molecular weight is 364 g/mol. The first kappa shape index (κ1) is 15.9. The van der Waals surface area contributed by atoms with Gasteiger partial charge >= 0.3 is 0 Å². The summed E-state index contributed by atoms with van der Waals surface area (Å²) in [6.07, 6.45) is 4.16. The molecule has 3 rings (SSSR count). The molecule has 3 aromatic rings. The third-order valence-corrected chi connectivity index (χ3v) is 6.01. The monoisotopic (exact) mass is 363 g/mol. The van der Waals surface area contributed by atoms with E-state index in [0.29, 0.717) is 4.47 Å². The van der Waals surface area contributed by atoms with Gasteiger partial charge in [-0.1, -0.05) is 35.9 Å². The molecule has 0 fully saturated rings. The van der Waals surface area contributed by atoms with Crippen LogP contribution in [0.4, 0.5) is 0 Å². The van der Waals surface area contributed by atoms with Crippen LogP contribution in [0, 0.1) is 0 Å². The quantitative estimate of drug-likeness (QED) is 0.486. The topological polar surface area (TPSA) is 12.9 Å². The second-order valence-corrected chi connectivity index (χ2v) is 7.94. The van der Waals surface area contributed by atoms with Gasteiger partial charge in [0.1, 0.15) is 0 Å². The molecule has 1 aromatic heterocycles. The predicted octanol–water partition coefficient (Wildman–Crippen LogP) is 6.57. The first-order chi connectivity index (χ1) is 10.7. The van der Waals surface area contributed by atoms with Crippen molar-refractivity contribution in [2.45, 2.75) is 9.79 Å². The normalized spacial score (nSPS) is 10.9. The summed E-state index contributed by atoms with van der Waals surface area (Å²) in [5.74, 6) is 0. The smallest absolute Gasteiger partial charge is 0.184 e. The minimum absolute atomic E-state index is 0.577. The highest BCUT2D eigenvalue weighted by Crippen LogP contribution is 2.39. The molecule has 0 N–H and O–H groups in total. The molecule has 0 bridgehead atoms. The van der Waals surface area contributed by atoms with Gasteiger partial charge < -0.3 is 0 Å². The van der Waals surface area contributed by atoms with E-state index in [-0.39, 0.29) is 0 Å². The van der Waals surface area contributed by atoms with E-state index in [1.807, 2.05) is 0 Å². The summed E-state index contributed by atoms with van der Waals surface area (Å²) >= 11 is 11.2. The van der Waals surface area contributed by atoms with Crippen molar-refractivity contribution < 1.29 is 0 Å². The lowest BCUT2D eigenvalue weighted by molar-refractivity contribution is 1.38. The molecule has 0 amide bonds. The fourth-order valence-electron chi connectivity index (χ4n) is 2.18. The molecule has 0 spiro atoms. The number of hydrogen-bond donors (Lipinski definition) is 0. The Kier molecular flexibility index (Phi) is 5.14. The second kappa shape index (κ2) is 7.09. The zero-order chi connectivity index (χ0) is 15.5. The van der Waals surface area contributed by atoms with Crippen molar-refractivity contribution in [1.29, 1.82) is 0 Å². The molecule has 5 heteroatoms. The highest BCUT2D eigenvalue weighted by molar-refractivity contribution is 7.98. The van der Waals surface area contributed by atoms with Gasteiger partial charge in [0.05, 0.1) is 10.6 Å². The zero-order valence-corrected chi connectivity index (χ0v) is 15.4. The first-order valence-electron chi connectivity index (χ1n) is 6.66. The number of thioether (sulfide) groups is 2. The van der Waals surface area contributed by atoms with Gasteiger partial charge in [0.15, 0.2) is 4.47 Å². The van der Waals surface area contributed by atoms with Crippen LogP contribution in [-0.2, 0) is 0 Å². The Labute approximate surface area is 148 Å². The standard InChI is InChI=1S/C17H14ClNS3/c1-20-13-7-3-11(4-8-13)15-16(22-17(18)19-15)12-5-9-14(21-2)10-6-12/h3-10H,1-2H3. The Hall–Kier alpha value is -0.940. The number of benzene rings is 2. The lowest BCUT2D eigenvalue weighted by Crippen LogP contribution is -1.82. The molecule has 0 saturated heterocycles. The van der Waals surface area contributed by atoms with Crippen molar-refractivity contribution in [3.63, 3.8) is 0 Å². The van der Waals surface area contributed by atoms with Gasteiger partial charge in [-0.05, 0) is 42.3 Å². The summed E-state index contributed by atoms with van der Waals surface area (Å²) in [6, 6.07) is 17.0. The van der Waals surface area contributed by atoms with Crippen molar-refractivity contribution >= 4 is 46.5 Å². The van der Waals surface area contributed by atoms with Crippen LogP contribution in [0.5, 0.6) is 0 Å². The molecule has 0 aliphatic heterocycles. The van der Waals surface area contributed by atoms with E-state index in [1.165, 1.54) is 21.1 Å². The maximum Gasteiger partial charge on any atom is 0.184 e. The van der Waals surface area contributed by atoms with Crippen LogP contribution in [-0.4, -0.2) is 17.5 Å². The van der Waals surface area contributed by atoms with Crippen LogP contribution in [0.15, 0.2) is 58.3 Å². The van der Waals surface area contributed by atoms with Gasteiger partial charge in [0.25, 0.3) is 0 Å². The summed E-state index contributed by atoms with van der Waals surface area (Å²) in [4.78, 5) is 8.15. The van der Waals surface area contributed by atoms with E-state index in [2.05, 4.69) is 66.0 Å². The van der Waals surface area contributed by atoms with E-state index in [4.69, 9.17) is 11.6 Å². The van der Waals surface area contributed by atoms with E-state index in [1.54, 1.807) is 23.5 Å². The van der Waals surface area contributed by atoms with Crippen LogP contribution < -0.4 is 0 Å². The van der Waals surface area contributed by atoms with Crippen molar-refractivity contribution in [2.24, 2.45) is 0 Å². The zero-order valence-electron chi connectivity index (χ0n) is 12.2.